The first-order valence-electron chi connectivity index (χ1n) is 6.31. The van der Waals surface area contributed by atoms with Crippen LogP contribution in [0.4, 0.5) is 10.2 Å². The summed E-state index contributed by atoms with van der Waals surface area (Å²) in [5, 5.41) is 9.27. The van der Waals surface area contributed by atoms with Crippen molar-refractivity contribution in [2.45, 2.75) is 12.8 Å². The number of hydrogen-bond acceptors (Lipinski definition) is 4. The fraction of sp³-hybridized carbons (Fsp3) is 0.286. The molecule has 3 rings (SSSR count). The predicted octanol–water partition coefficient (Wildman–Crippen LogP) is 2.59. The van der Waals surface area contributed by atoms with Crippen molar-refractivity contribution in [3.05, 3.63) is 36.3 Å². The standard InChI is InChI=1S/C14H14FN3O/c15-12-9-16-13(10-3-5-11(19)6-4-10)17-14(12)18-7-1-2-8-18/h3-6,9,19H,1-2,7-8H2. The zero-order valence-corrected chi connectivity index (χ0v) is 10.4. The summed E-state index contributed by atoms with van der Waals surface area (Å²) < 4.78 is 13.8. The lowest BCUT2D eigenvalue weighted by Gasteiger charge is -2.17. The van der Waals surface area contributed by atoms with E-state index in [1.54, 1.807) is 24.3 Å². The monoisotopic (exact) mass is 259 g/mol. The van der Waals surface area contributed by atoms with Crippen molar-refractivity contribution in [3.63, 3.8) is 0 Å². The first kappa shape index (κ1) is 11.9. The maximum Gasteiger partial charge on any atom is 0.183 e. The third kappa shape index (κ3) is 2.36. The average Bonchev–Trinajstić information content (AvgIpc) is 2.94. The molecule has 1 aromatic carbocycles. The van der Waals surface area contributed by atoms with Gasteiger partial charge in [0.05, 0.1) is 6.20 Å². The molecule has 0 amide bonds. The van der Waals surface area contributed by atoms with Crippen LogP contribution in [-0.4, -0.2) is 28.2 Å². The van der Waals surface area contributed by atoms with Crippen molar-refractivity contribution < 1.29 is 9.50 Å². The highest BCUT2D eigenvalue weighted by Crippen LogP contribution is 2.25. The van der Waals surface area contributed by atoms with Crippen molar-refractivity contribution >= 4 is 5.82 Å². The van der Waals surface area contributed by atoms with Gasteiger partial charge in [0.2, 0.25) is 0 Å². The van der Waals surface area contributed by atoms with Crippen LogP contribution in [-0.2, 0) is 0 Å². The first-order chi connectivity index (χ1) is 9.24. The number of aromatic hydroxyl groups is 1. The first-order valence-corrected chi connectivity index (χ1v) is 6.31. The van der Waals surface area contributed by atoms with E-state index in [4.69, 9.17) is 0 Å². The smallest absolute Gasteiger partial charge is 0.183 e. The van der Waals surface area contributed by atoms with Gasteiger partial charge in [-0.1, -0.05) is 0 Å². The van der Waals surface area contributed by atoms with Crippen LogP contribution in [0.25, 0.3) is 11.4 Å². The van der Waals surface area contributed by atoms with E-state index in [-0.39, 0.29) is 11.6 Å². The van der Waals surface area contributed by atoms with Crippen LogP contribution in [0.2, 0.25) is 0 Å². The highest BCUT2D eigenvalue weighted by Gasteiger charge is 2.18. The minimum atomic E-state index is -0.385. The minimum absolute atomic E-state index is 0.186. The Bertz CT molecular complexity index is 580. The third-order valence-electron chi connectivity index (χ3n) is 3.26. The lowest BCUT2D eigenvalue weighted by molar-refractivity contribution is 0.475. The second-order valence-corrected chi connectivity index (χ2v) is 4.61. The third-order valence-corrected chi connectivity index (χ3v) is 3.26. The molecular formula is C14H14FN3O. The van der Waals surface area contributed by atoms with Gasteiger partial charge in [-0.2, -0.15) is 0 Å². The Morgan fingerprint density at radius 3 is 2.47 bits per heavy atom. The number of aromatic nitrogens is 2. The molecule has 19 heavy (non-hydrogen) atoms. The topological polar surface area (TPSA) is 49.3 Å². The average molecular weight is 259 g/mol. The van der Waals surface area contributed by atoms with E-state index in [2.05, 4.69) is 9.97 Å². The van der Waals surface area contributed by atoms with Crippen LogP contribution in [0.5, 0.6) is 5.75 Å². The molecule has 0 saturated carbocycles. The van der Waals surface area contributed by atoms with E-state index in [1.807, 2.05) is 4.90 Å². The summed E-state index contributed by atoms with van der Waals surface area (Å²) >= 11 is 0. The quantitative estimate of drug-likeness (QED) is 0.900. The molecule has 98 valence electrons. The number of hydrogen-bond donors (Lipinski definition) is 1. The summed E-state index contributed by atoms with van der Waals surface area (Å²) in [6.07, 6.45) is 3.35. The molecule has 0 bridgehead atoms. The molecule has 1 N–H and O–H groups in total. The number of benzene rings is 1. The highest BCUT2D eigenvalue weighted by atomic mass is 19.1. The fourth-order valence-corrected chi connectivity index (χ4v) is 2.26. The van der Waals surface area contributed by atoms with Crippen molar-refractivity contribution in [3.8, 4) is 17.1 Å². The van der Waals surface area contributed by atoms with Gasteiger partial charge in [0.15, 0.2) is 17.5 Å². The summed E-state index contributed by atoms with van der Waals surface area (Å²) in [7, 11) is 0. The summed E-state index contributed by atoms with van der Waals surface area (Å²) in [5.74, 6) is 0.647. The normalized spacial score (nSPS) is 14.9. The highest BCUT2D eigenvalue weighted by molar-refractivity contribution is 5.58. The Labute approximate surface area is 110 Å². The van der Waals surface area contributed by atoms with Gasteiger partial charge in [-0.05, 0) is 37.1 Å². The van der Waals surface area contributed by atoms with Crippen LogP contribution in [0, 0.1) is 5.82 Å². The molecule has 2 aromatic rings. The molecule has 2 heterocycles. The molecule has 0 atom stereocenters. The summed E-state index contributed by atoms with van der Waals surface area (Å²) in [6, 6.07) is 6.57. The molecule has 0 aliphatic carbocycles. The predicted molar refractivity (Wildman–Crippen MR) is 70.5 cm³/mol. The van der Waals surface area contributed by atoms with E-state index in [1.165, 1.54) is 6.20 Å². The van der Waals surface area contributed by atoms with E-state index >= 15 is 0 Å². The van der Waals surface area contributed by atoms with Crippen molar-refractivity contribution in [2.24, 2.45) is 0 Å². The SMILES string of the molecule is Oc1ccc(-c2ncc(F)c(N3CCCC3)n2)cc1. The van der Waals surface area contributed by atoms with Gasteiger partial charge >= 0.3 is 0 Å². The molecule has 1 fully saturated rings. The van der Waals surface area contributed by atoms with Gasteiger partial charge in [0.25, 0.3) is 0 Å². The minimum Gasteiger partial charge on any atom is -0.508 e. The van der Waals surface area contributed by atoms with Crippen LogP contribution in [0.3, 0.4) is 0 Å². The summed E-state index contributed by atoms with van der Waals surface area (Å²) in [6.45, 7) is 1.67. The summed E-state index contributed by atoms with van der Waals surface area (Å²) in [5.41, 5.74) is 0.762. The summed E-state index contributed by atoms with van der Waals surface area (Å²) in [4.78, 5) is 10.3. The Morgan fingerprint density at radius 1 is 1.11 bits per heavy atom. The lowest BCUT2D eigenvalue weighted by Crippen LogP contribution is -2.21. The van der Waals surface area contributed by atoms with Crippen LogP contribution in [0.1, 0.15) is 12.8 Å². The van der Waals surface area contributed by atoms with Gasteiger partial charge in [-0.3, -0.25) is 0 Å². The van der Waals surface area contributed by atoms with E-state index in [0.29, 0.717) is 11.6 Å². The Kier molecular flexibility index (Phi) is 3.03. The van der Waals surface area contributed by atoms with E-state index in [0.717, 1.165) is 31.5 Å². The second-order valence-electron chi connectivity index (χ2n) is 4.61. The largest absolute Gasteiger partial charge is 0.508 e. The number of phenolic OH excluding ortho intramolecular Hbond substituents is 1. The Morgan fingerprint density at radius 2 is 1.79 bits per heavy atom. The zero-order valence-electron chi connectivity index (χ0n) is 10.4. The number of phenols is 1. The fourth-order valence-electron chi connectivity index (χ4n) is 2.26. The number of nitrogens with zero attached hydrogens (tertiary/aromatic N) is 3. The molecule has 1 aliphatic heterocycles. The van der Waals surface area contributed by atoms with Crippen molar-refractivity contribution in [1.82, 2.24) is 9.97 Å². The molecule has 1 aromatic heterocycles. The van der Waals surface area contributed by atoms with Crippen LogP contribution in [0.15, 0.2) is 30.5 Å². The lowest BCUT2D eigenvalue weighted by atomic mass is 10.2. The van der Waals surface area contributed by atoms with Crippen molar-refractivity contribution in [2.75, 3.05) is 18.0 Å². The molecule has 0 spiro atoms. The maximum atomic E-state index is 13.8. The Balaban J connectivity index is 1.98. The van der Waals surface area contributed by atoms with Gasteiger partial charge in [-0.25, -0.2) is 14.4 Å². The van der Waals surface area contributed by atoms with Crippen molar-refractivity contribution in [1.29, 1.82) is 0 Å². The van der Waals surface area contributed by atoms with E-state index in [9.17, 15) is 9.50 Å². The van der Waals surface area contributed by atoms with Gasteiger partial charge in [0.1, 0.15) is 5.75 Å². The van der Waals surface area contributed by atoms with Crippen LogP contribution < -0.4 is 4.90 Å². The number of anilines is 1. The molecule has 0 radical (unpaired) electrons. The molecule has 5 heteroatoms. The van der Waals surface area contributed by atoms with E-state index < -0.39 is 0 Å². The Hall–Kier alpha value is -2.17. The van der Waals surface area contributed by atoms with Crippen LogP contribution >= 0.6 is 0 Å². The zero-order chi connectivity index (χ0) is 13.2. The molecule has 4 nitrogen and oxygen atoms in total. The number of rotatable bonds is 2. The molecule has 1 saturated heterocycles. The number of halogens is 1. The molecule has 1 aliphatic rings. The van der Waals surface area contributed by atoms with Gasteiger partial charge in [-0.15, -0.1) is 0 Å². The van der Waals surface area contributed by atoms with Gasteiger partial charge in [0, 0.05) is 18.7 Å². The second kappa shape index (κ2) is 4.84. The maximum absolute atomic E-state index is 13.8. The molecule has 0 unspecified atom stereocenters. The molecular weight excluding hydrogens is 245 g/mol. The van der Waals surface area contributed by atoms with Gasteiger partial charge < -0.3 is 10.0 Å².